The Morgan fingerprint density at radius 3 is 2.41 bits per heavy atom. The van der Waals surface area contributed by atoms with Gasteiger partial charge in [-0.05, 0) is 41.3 Å². The number of nitrogens with zero attached hydrogens (tertiary/aromatic N) is 2. The Hall–Kier alpha value is -3.29. The maximum Gasteiger partial charge on any atom is 0.416 e. The Bertz CT molecular complexity index is 1060. The van der Waals surface area contributed by atoms with Crippen molar-refractivity contribution in [1.82, 2.24) is 4.90 Å². The van der Waals surface area contributed by atoms with Gasteiger partial charge in [0.25, 0.3) is 0 Å². The van der Waals surface area contributed by atoms with Crippen LogP contribution in [0.1, 0.15) is 16.7 Å². The second-order valence-corrected chi connectivity index (χ2v) is 7.39. The van der Waals surface area contributed by atoms with E-state index in [9.17, 15) is 10.1 Å². The van der Waals surface area contributed by atoms with Crippen LogP contribution in [0.4, 0.5) is 4.79 Å². The third-order valence-electron chi connectivity index (χ3n) is 5.27. The average Bonchev–Trinajstić information content (AvgIpc) is 2.75. The largest absolute Gasteiger partial charge is 0.416 e. The van der Waals surface area contributed by atoms with Crippen molar-refractivity contribution in [1.29, 1.82) is 5.26 Å². The molecule has 0 bridgehead atoms. The molecule has 0 saturated carbocycles. The summed E-state index contributed by atoms with van der Waals surface area (Å²) in [6.07, 6.45) is 0.373. The summed E-state index contributed by atoms with van der Waals surface area (Å²) in [6.45, 7) is 0.350. The van der Waals surface area contributed by atoms with E-state index in [1.165, 1.54) is 4.90 Å². The zero-order valence-corrected chi connectivity index (χ0v) is 16.5. The first kappa shape index (κ1) is 19.0. The maximum absolute atomic E-state index is 13.1. The lowest BCUT2D eigenvalue weighted by atomic mass is 9.77. The summed E-state index contributed by atoms with van der Waals surface area (Å²) in [5.41, 5.74) is 1.42. The SMILES string of the molecule is N#C[C@]1(Cc2ccccc2)c2cccc(Cl)c2CCN1C(=O)Oc1ccccc1. The Morgan fingerprint density at radius 2 is 1.72 bits per heavy atom. The van der Waals surface area contributed by atoms with E-state index >= 15 is 0 Å². The molecule has 0 aromatic heterocycles. The van der Waals surface area contributed by atoms with Crippen LogP contribution in [0.15, 0.2) is 78.9 Å². The second-order valence-electron chi connectivity index (χ2n) is 6.98. The van der Waals surface area contributed by atoms with Crippen LogP contribution in [0, 0.1) is 11.3 Å². The first-order chi connectivity index (χ1) is 14.1. The van der Waals surface area contributed by atoms with Crippen molar-refractivity contribution in [2.24, 2.45) is 0 Å². The minimum absolute atomic E-state index is 0.349. The topological polar surface area (TPSA) is 53.3 Å². The van der Waals surface area contributed by atoms with Crippen molar-refractivity contribution in [2.45, 2.75) is 18.4 Å². The summed E-state index contributed by atoms with van der Waals surface area (Å²) in [5.74, 6) is 0.445. The van der Waals surface area contributed by atoms with E-state index in [4.69, 9.17) is 16.3 Å². The lowest BCUT2D eigenvalue weighted by molar-refractivity contribution is 0.0994. The minimum Gasteiger partial charge on any atom is -0.410 e. The van der Waals surface area contributed by atoms with Gasteiger partial charge in [0, 0.05) is 18.0 Å². The third kappa shape index (κ3) is 3.57. The van der Waals surface area contributed by atoms with Gasteiger partial charge >= 0.3 is 6.09 Å². The molecule has 1 amide bonds. The fourth-order valence-corrected chi connectivity index (χ4v) is 4.16. The number of hydrogen-bond acceptors (Lipinski definition) is 3. The van der Waals surface area contributed by atoms with Gasteiger partial charge in [-0.3, -0.25) is 4.90 Å². The molecule has 1 aliphatic heterocycles. The lowest BCUT2D eigenvalue weighted by Crippen LogP contribution is -2.55. The van der Waals surface area contributed by atoms with Crippen molar-refractivity contribution in [3.8, 4) is 11.8 Å². The highest BCUT2D eigenvalue weighted by molar-refractivity contribution is 6.31. The molecule has 0 fully saturated rings. The number of ether oxygens (including phenoxy) is 1. The van der Waals surface area contributed by atoms with E-state index in [2.05, 4.69) is 6.07 Å². The molecule has 3 aromatic carbocycles. The van der Waals surface area contributed by atoms with E-state index in [-0.39, 0.29) is 0 Å². The van der Waals surface area contributed by atoms with Gasteiger partial charge in [0.1, 0.15) is 5.75 Å². The molecule has 0 saturated heterocycles. The van der Waals surface area contributed by atoms with Gasteiger partial charge in [-0.2, -0.15) is 5.26 Å². The minimum atomic E-state index is -1.20. The molecule has 144 valence electrons. The maximum atomic E-state index is 13.1. The summed E-state index contributed by atoms with van der Waals surface area (Å²) in [7, 11) is 0. The molecular weight excluding hydrogens is 384 g/mol. The van der Waals surface area contributed by atoms with E-state index in [1.54, 1.807) is 24.3 Å². The number of carbonyl (C=O) groups is 1. The van der Waals surface area contributed by atoms with Crippen LogP contribution in [0.5, 0.6) is 5.75 Å². The molecule has 0 radical (unpaired) electrons. The fourth-order valence-electron chi connectivity index (χ4n) is 3.89. The molecule has 1 aliphatic rings. The first-order valence-corrected chi connectivity index (χ1v) is 9.79. The van der Waals surface area contributed by atoms with E-state index < -0.39 is 11.6 Å². The molecule has 29 heavy (non-hydrogen) atoms. The van der Waals surface area contributed by atoms with Gasteiger partial charge in [0.15, 0.2) is 5.54 Å². The molecule has 1 heterocycles. The standard InChI is InChI=1S/C24H19ClN2O2/c25-22-13-7-12-21-20(22)14-15-27(23(28)29-19-10-5-2-6-11-19)24(21,17-26)16-18-8-3-1-4-9-18/h1-13H,14-16H2/t24-/m1/s1. The van der Waals surface area contributed by atoms with Crippen molar-refractivity contribution in [3.05, 3.63) is 101 Å². The van der Waals surface area contributed by atoms with Gasteiger partial charge in [-0.1, -0.05) is 72.3 Å². The predicted molar refractivity (Wildman–Crippen MR) is 112 cm³/mol. The Balaban J connectivity index is 1.79. The van der Waals surface area contributed by atoms with Crippen molar-refractivity contribution < 1.29 is 9.53 Å². The average molecular weight is 403 g/mol. The van der Waals surface area contributed by atoms with Gasteiger partial charge < -0.3 is 4.74 Å². The van der Waals surface area contributed by atoms with Crippen molar-refractivity contribution >= 4 is 17.7 Å². The second kappa shape index (κ2) is 7.98. The number of hydrogen-bond donors (Lipinski definition) is 0. The lowest BCUT2D eigenvalue weighted by Gasteiger charge is -2.43. The van der Waals surface area contributed by atoms with Crippen LogP contribution in [0.2, 0.25) is 5.02 Å². The third-order valence-corrected chi connectivity index (χ3v) is 5.62. The van der Waals surface area contributed by atoms with Gasteiger partial charge in [0.2, 0.25) is 0 Å². The highest BCUT2D eigenvalue weighted by Crippen LogP contribution is 2.41. The summed E-state index contributed by atoms with van der Waals surface area (Å²) in [6, 6.07) is 26.5. The monoisotopic (exact) mass is 402 g/mol. The molecule has 1 atom stereocenters. The van der Waals surface area contributed by atoms with Crippen molar-refractivity contribution in [3.63, 3.8) is 0 Å². The van der Waals surface area contributed by atoms with E-state index in [0.29, 0.717) is 30.2 Å². The number of para-hydroxylation sites is 1. The predicted octanol–water partition coefficient (Wildman–Crippen LogP) is 5.36. The van der Waals surface area contributed by atoms with Crippen LogP contribution >= 0.6 is 11.6 Å². The molecule has 0 N–H and O–H groups in total. The number of fused-ring (bicyclic) bond motifs is 1. The number of amides is 1. The zero-order valence-electron chi connectivity index (χ0n) is 15.7. The van der Waals surface area contributed by atoms with E-state index in [1.807, 2.05) is 54.6 Å². The summed E-state index contributed by atoms with van der Waals surface area (Å²) in [4.78, 5) is 14.7. The normalized spacial score (nSPS) is 17.9. The molecule has 4 nitrogen and oxygen atoms in total. The Kier molecular flexibility index (Phi) is 5.24. The number of nitriles is 1. The Morgan fingerprint density at radius 1 is 1.03 bits per heavy atom. The van der Waals surface area contributed by atoms with Gasteiger partial charge in [-0.25, -0.2) is 4.79 Å². The van der Waals surface area contributed by atoms with Crippen LogP contribution in [-0.2, 0) is 18.4 Å². The molecule has 3 aromatic rings. The number of rotatable bonds is 3. The smallest absolute Gasteiger partial charge is 0.410 e. The fraction of sp³-hybridized carbons (Fsp3) is 0.167. The molecule has 4 rings (SSSR count). The van der Waals surface area contributed by atoms with Crippen LogP contribution in [0.3, 0.4) is 0 Å². The summed E-state index contributed by atoms with van der Waals surface area (Å²) < 4.78 is 5.60. The van der Waals surface area contributed by atoms with Gasteiger partial charge in [-0.15, -0.1) is 0 Å². The first-order valence-electron chi connectivity index (χ1n) is 9.41. The quantitative estimate of drug-likeness (QED) is 0.592. The van der Waals surface area contributed by atoms with E-state index in [0.717, 1.165) is 16.7 Å². The summed E-state index contributed by atoms with van der Waals surface area (Å²) >= 11 is 6.44. The molecule has 0 aliphatic carbocycles. The zero-order chi connectivity index (χ0) is 20.3. The molecular formula is C24H19ClN2O2. The Labute approximate surface area is 174 Å². The van der Waals surface area contributed by atoms with Crippen LogP contribution in [-0.4, -0.2) is 17.5 Å². The van der Waals surface area contributed by atoms with Crippen molar-refractivity contribution in [2.75, 3.05) is 6.54 Å². The molecule has 0 unspecified atom stereocenters. The molecule has 0 spiro atoms. The summed E-state index contributed by atoms with van der Waals surface area (Å²) in [5, 5.41) is 11.0. The highest BCUT2D eigenvalue weighted by atomic mass is 35.5. The highest BCUT2D eigenvalue weighted by Gasteiger charge is 2.47. The number of halogens is 1. The number of carbonyl (C=O) groups excluding carboxylic acids is 1. The van der Waals surface area contributed by atoms with Crippen LogP contribution < -0.4 is 4.74 Å². The van der Waals surface area contributed by atoms with Gasteiger partial charge in [0.05, 0.1) is 6.07 Å². The number of benzene rings is 3. The molecule has 5 heteroatoms. The van der Waals surface area contributed by atoms with Crippen LogP contribution in [0.25, 0.3) is 0 Å².